The van der Waals surface area contributed by atoms with Gasteiger partial charge in [-0.25, -0.2) is 0 Å². The summed E-state index contributed by atoms with van der Waals surface area (Å²) in [5, 5.41) is 10.7. The smallest absolute Gasteiger partial charge is 0.259 e. The molecule has 2 heterocycles. The summed E-state index contributed by atoms with van der Waals surface area (Å²) >= 11 is 0. The van der Waals surface area contributed by atoms with Crippen molar-refractivity contribution in [3.63, 3.8) is 0 Å². The van der Waals surface area contributed by atoms with E-state index in [0.717, 1.165) is 30.5 Å². The molecule has 4 rings (SSSR count). The van der Waals surface area contributed by atoms with Crippen molar-refractivity contribution in [3.8, 4) is 11.3 Å². The van der Waals surface area contributed by atoms with Gasteiger partial charge in [0.25, 0.3) is 5.91 Å². The molecule has 1 atom stereocenters. The van der Waals surface area contributed by atoms with E-state index in [1.807, 2.05) is 53.4 Å². The largest absolute Gasteiger partial charge is 0.360 e. The van der Waals surface area contributed by atoms with Crippen LogP contribution in [0.4, 0.5) is 0 Å². The molecule has 1 fully saturated rings. The molecular formula is C27H33ClN4O3. The maximum atomic E-state index is 13.6. The average molecular weight is 497 g/mol. The van der Waals surface area contributed by atoms with Crippen molar-refractivity contribution < 1.29 is 14.1 Å². The molecule has 0 saturated carbocycles. The number of aryl methyl sites for hydroxylation is 1. The Balaban J connectivity index is 0.00000342. The van der Waals surface area contributed by atoms with Crippen LogP contribution in [0.25, 0.3) is 11.3 Å². The molecule has 186 valence electrons. The van der Waals surface area contributed by atoms with Crippen LogP contribution in [0.1, 0.15) is 53.4 Å². The predicted molar refractivity (Wildman–Crippen MR) is 138 cm³/mol. The highest BCUT2D eigenvalue weighted by Gasteiger charge is 2.26. The van der Waals surface area contributed by atoms with Crippen molar-refractivity contribution in [2.75, 3.05) is 26.2 Å². The predicted octanol–water partition coefficient (Wildman–Crippen LogP) is 4.54. The van der Waals surface area contributed by atoms with Crippen LogP contribution in [-0.4, -0.2) is 48.0 Å². The molecule has 0 radical (unpaired) electrons. The van der Waals surface area contributed by atoms with Gasteiger partial charge in [0.15, 0.2) is 0 Å². The Labute approximate surface area is 212 Å². The monoisotopic (exact) mass is 496 g/mol. The maximum Gasteiger partial charge on any atom is 0.259 e. The number of hydrogen-bond donors (Lipinski definition) is 2. The molecule has 7 nitrogen and oxygen atoms in total. The molecule has 0 bridgehead atoms. The number of halogens is 1. The van der Waals surface area contributed by atoms with Crippen LogP contribution in [-0.2, 0) is 4.79 Å². The van der Waals surface area contributed by atoms with Gasteiger partial charge in [-0.3, -0.25) is 9.59 Å². The fourth-order valence-electron chi connectivity index (χ4n) is 4.34. The second kappa shape index (κ2) is 13.1. The van der Waals surface area contributed by atoms with Crippen molar-refractivity contribution in [2.24, 2.45) is 0 Å². The Hall–Kier alpha value is -3.16. The highest BCUT2D eigenvalue weighted by molar-refractivity contribution is 6.00. The number of aromatic nitrogens is 1. The number of rotatable bonds is 3. The minimum Gasteiger partial charge on any atom is -0.360 e. The maximum absolute atomic E-state index is 13.6. The minimum absolute atomic E-state index is 0. The summed E-state index contributed by atoms with van der Waals surface area (Å²) in [6.07, 6.45) is 2.86. The molecule has 35 heavy (non-hydrogen) atoms. The quantitative estimate of drug-likeness (QED) is 0.556. The zero-order valence-corrected chi connectivity index (χ0v) is 20.9. The van der Waals surface area contributed by atoms with Gasteiger partial charge in [-0.05, 0) is 38.3 Å². The lowest BCUT2D eigenvalue weighted by Gasteiger charge is -2.23. The fourth-order valence-corrected chi connectivity index (χ4v) is 4.34. The summed E-state index contributed by atoms with van der Waals surface area (Å²) < 4.78 is 5.42. The van der Waals surface area contributed by atoms with E-state index in [1.54, 1.807) is 6.92 Å². The van der Waals surface area contributed by atoms with Crippen LogP contribution in [0.3, 0.4) is 0 Å². The van der Waals surface area contributed by atoms with E-state index in [9.17, 15) is 9.59 Å². The van der Waals surface area contributed by atoms with Crippen LogP contribution >= 0.6 is 12.4 Å². The Morgan fingerprint density at radius 2 is 1.66 bits per heavy atom. The van der Waals surface area contributed by atoms with Gasteiger partial charge in [-0.1, -0.05) is 65.8 Å². The van der Waals surface area contributed by atoms with E-state index in [4.69, 9.17) is 4.52 Å². The SMILES string of the molecule is Cc1onc(-c2ccccc2)c1C(=O)N1CCCCNC(c2ccccc2)CC(=O)NCCC1.Cl. The van der Waals surface area contributed by atoms with E-state index < -0.39 is 0 Å². The number of amides is 2. The first kappa shape index (κ1) is 26.4. The first-order valence-corrected chi connectivity index (χ1v) is 12.0. The second-order valence-electron chi connectivity index (χ2n) is 8.65. The summed E-state index contributed by atoms with van der Waals surface area (Å²) in [6, 6.07) is 19.7. The molecule has 1 unspecified atom stereocenters. The summed E-state index contributed by atoms with van der Waals surface area (Å²) in [5.41, 5.74) is 3.06. The third-order valence-corrected chi connectivity index (χ3v) is 6.18. The Kier molecular flexibility index (Phi) is 9.87. The van der Waals surface area contributed by atoms with Crippen LogP contribution in [0, 0.1) is 6.92 Å². The van der Waals surface area contributed by atoms with Crippen molar-refractivity contribution in [1.29, 1.82) is 0 Å². The summed E-state index contributed by atoms with van der Waals surface area (Å²) in [4.78, 5) is 28.0. The number of benzene rings is 2. The number of carbonyl (C=O) groups excluding carboxylic acids is 2. The van der Waals surface area contributed by atoms with Crippen LogP contribution in [0.5, 0.6) is 0 Å². The molecule has 0 spiro atoms. The lowest BCUT2D eigenvalue weighted by Crippen LogP contribution is -2.35. The number of carbonyl (C=O) groups is 2. The van der Waals surface area contributed by atoms with Gasteiger partial charge in [0.2, 0.25) is 5.91 Å². The van der Waals surface area contributed by atoms with Gasteiger partial charge in [0.1, 0.15) is 17.0 Å². The topological polar surface area (TPSA) is 87.5 Å². The second-order valence-corrected chi connectivity index (χ2v) is 8.65. The normalized spacial score (nSPS) is 17.8. The zero-order valence-electron chi connectivity index (χ0n) is 20.0. The Morgan fingerprint density at radius 1 is 0.971 bits per heavy atom. The highest BCUT2D eigenvalue weighted by Crippen LogP contribution is 2.26. The third kappa shape index (κ3) is 6.93. The van der Waals surface area contributed by atoms with Crippen molar-refractivity contribution in [1.82, 2.24) is 20.7 Å². The van der Waals surface area contributed by atoms with Gasteiger partial charge in [0, 0.05) is 37.7 Å². The van der Waals surface area contributed by atoms with Crippen molar-refractivity contribution in [3.05, 3.63) is 77.6 Å². The molecule has 3 aromatic rings. The number of hydrogen-bond acceptors (Lipinski definition) is 5. The summed E-state index contributed by atoms with van der Waals surface area (Å²) in [5.74, 6) is 0.459. The molecule has 1 aromatic heterocycles. The molecule has 2 N–H and O–H groups in total. The van der Waals surface area contributed by atoms with E-state index in [0.29, 0.717) is 49.5 Å². The van der Waals surface area contributed by atoms with Crippen LogP contribution < -0.4 is 10.6 Å². The van der Waals surface area contributed by atoms with E-state index in [1.165, 1.54) is 0 Å². The van der Waals surface area contributed by atoms with Crippen molar-refractivity contribution in [2.45, 2.75) is 38.6 Å². The Morgan fingerprint density at radius 3 is 2.40 bits per heavy atom. The molecule has 1 aliphatic heterocycles. The lowest BCUT2D eigenvalue weighted by atomic mass is 10.0. The molecular weight excluding hydrogens is 464 g/mol. The Bertz CT molecular complexity index is 1090. The van der Waals surface area contributed by atoms with Crippen LogP contribution in [0.2, 0.25) is 0 Å². The number of nitrogens with zero attached hydrogens (tertiary/aromatic N) is 2. The molecule has 2 amide bonds. The highest BCUT2D eigenvalue weighted by atomic mass is 35.5. The van der Waals surface area contributed by atoms with Gasteiger partial charge in [-0.2, -0.15) is 0 Å². The molecule has 1 saturated heterocycles. The van der Waals surface area contributed by atoms with E-state index >= 15 is 0 Å². The molecule has 8 heteroatoms. The fraction of sp³-hybridized carbons (Fsp3) is 0.370. The summed E-state index contributed by atoms with van der Waals surface area (Å²) in [7, 11) is 0. The average Bonchev–Trinajstić information content (AvgIpc) is 3.26. The van der Waals surface area contributed by atoms with E-state index in [-0.39, 0.29) is 30.3 Å². The third-order valence-electron chi connectivity index (χ3n) is 6.18. The standard InChI is InChI=1S/C27H32N4O3.ClH/c1-20-25(26(30-34-20)22-13-6-3-7-14-22)27(33)31-17-9-8-15-28-23(21-11-4-2-5-12-21)19-24(32)29-16-10-18-31;/h2-7,11-14,23,28H,8-10,15-19H2,1H3,(H,29,32);1H. The number of nitrogens with one attached hydrogen (secondary N) is 2. The van der Waals surface area contributed by atoms with Gasteiger partial charge < -0.3 is 20.1 Å². The summed E-state index contributed by atoms with van der Waals surface area (Å²) in [6.45, 7) is 4.28. The molecule has 2 aromatic carbocycles. The first-order valence-electron chi connectivity index (χ1n) is 12.0. The minimum atomic E-state index is -0.0751. The molecule has 1 aliphatic rings. The lowest BCUT2D eigenvalue weighted by molar-refractivity contribution is -0.121. The van der Waals surface area contributed by atoms with Gasteiger partial charge >= 0.3 is 0 Å². The van der Waals surface area contributed by atoms with E-state index in [2.05, 4.69) is 27.9 Å². The first-order chi connectivity index (χ1) is 16.6. The zero-order chi connectivity index (χ0) is 23.8. The van der Waals surface area contributed by atoms with Gasteiger partial charge in [-0.15, -0.1) is 12.4 Å². The van der Waals surface area contributed by atoms with Crippen LogP contribution in [0.15, 0.2) is 65.2 Å². The van der Waals surface area contributed by atoms with Crippen molar-refractivity contribution >= 4 is 24.2 Å². The van der Waals surface area contributed by atoms with Gasteiger partial charge in [0.05, 0.1) is 0 Å². The molecule has 0 aliphatic carbocycles.